The van der Waals surface area contributed by atoms with Crippen molar-refractivity contribution in [2.24, 2.45) is 5.92 Å². The second-order valence-corrected chi connectivity index (χ2v) is 5.70. The maximum absolute atomic E-state index is 12.5. The number of amides is 1. The van der Waals surface area contributed by atoms with Crippen LogP contribution in [0.1, 0.15) is 36.2 Å². The van der Waals surface area contributed by atoms with Gasteiger partial charge in [-0.15, -0.1) is 0 Å². The maximum atomic E-state index is 12.5. The van der Waals surface area contributed by atoms with Gasteiger partial charge in [-0.05, 0) is 43.4 Å². The van der Waals surface area contributed by atoms with E-state index in [0.717, 1.165) is 37.2 Å². The Morgan fingerprint density at radius 1 is 1.39 bits per heavy atom. The van der Waals surface area contributed by atoms with Crippen LogP contribution >= 0.6 is 0 Å². The summed E-state index contributed by atoms with van der Waals surface area (Å²) < 4.78 is 0. The van der Waals surface area contributed by atoms with E-state index >= 15 is 0 Å². The first-order chi connectivity index (χ1) is 8.65. The highest BCUT2D eigenvalue weighted by molar-refractivity contribution is 5.96. The fourth-order valence-corrected chi connectivity index (χ4v) is 3.17. The van der Waals surface area contributed by atoms with Crippen LogP contribution in [-0.4, -0.2) is 29.9 Å². The lowest BCUT2D eigenvalue weighted by atomic mass is 10.1. The highest BCUT2D eigenvalue weighted by atomic mass is 16.2. The first-order valence-electron chi connectivity index (χ1n) is 6.83. The normalized spacial score (nSPS) is 26.0. The summed E-state index contributed by atoms with van der Waals surface area (Å²) >= 11 is 0. The zero-order valence-corrected chi connectivity index (χ0v) is 11.1. The fraction of sp³-hybridized carbons (Fsp3) is 0.533. The molecule has 1 fully saturated rings. The van der Waals surface area contributed by atoms with Crippen LogP contribution in [0, 0.1) is 5.92 Å². The largest absolute Gasteiger partial charge is 0.384 e. The van der Waals surface area contributed by atoms with Crippen LogP contribution in [-0.2, 0) is 6.42 Å². The predicted molar refractivity (Wildman–Crippen MR) is 72.9 cm³/mol. The zero-order valence-electron chi connectivity index (χ0n) is 11.1. The number of carbonyl (C=O) groups is 1. The molecule has 1 saturated heterocycles. The Labute approximate surface area is 108 Å². The monoisotopic (exact) mass is 244 g/mol. The summed E-state index contributed by atoms with van der Waals surface area (Å²) in [6, 6.07) is 6.45. The second kappa shape index (κ2) is 4.30. The number of nitrogens with zero attached hydrogens (tertiary/aromatic N) is 1. The van der Waals surface area contributed by atoms with Crippen molar-refractivity contribution in [3.8, 4) is 0 Å². The molecule has 18 heavy (non-hydrogen) atoms. The van der Waals surface area contributed by atoms with E-state index in [0.29, 0.717) is 12.0 Å². The van der Waals surface area contributed by atoms with E-state index in [-0.39, 0.29) is 5.91 Å². The van der Waals surface area contributed by atoms with Crippen molar-refractivity contribution in [3.63, 3.8) is 0 Å². The number of anilines is 1. The summed E-state index contributed by atoms with van der Waals surface area (Å²) in [6.07, 6.45) is 2.19. The molecule has 3 nitrogen and oxygen atoms in total. The number of benzene rings is 1. The Balaban J connectivity index is 1.84. The summed E-state index contributed by atoms with van der Waals surface area (Å²) in [5.74, 6) is 0.805. The van der Waals surface area contributed by atoms with Gasteiger partial charge >= 0.3 is 0 Å². The van der Waals surface area contributed by atoms with Crippen LogP contribution in [0.25, 0.3) is 0 Å². The average molecular weight is 244 g/mol. The lowest BCUT2D eigenvalue weighted by molar-refractivity contribution is 0.0744. The number of hydrogen-bond donors (Lipinski definition) is 1. The summed E-state index contributed by atoms with van der Waals surface area (Å²) in [7, 11) is 0. The SMILES string of the molecule is CC1CC(C)N(C(=O)c2ccc3c(c2)NCC3)C1. The molecule has 1 aromatic carbocycles. The minimum absolute atomic E-state index is 0.184. The van der Waals surface area contributed by atoms with Crippen molar-refractivity contribution in [2.45, 2.75) is 32.7 Å². The van der Waals surface area contributed by atoms with Gasteiger partial charge in [-0.25, -0.2) is 0 Å². The van der Waals surface area contributed by atoms with Gasteiger partial charge in [0, 0.05) is 30.4 Å². The van der Waals surface area contributed by atoms with E-state index in [1.807, 2.05) is 17.0 Å². The number of likely N-dealkylation sites (tertiary alicyclic amines) is 1. The van der Waals surface area contributed by atoms with E-state index < -0.39 is 0 Å². The smallest absolute Gasteiger partial charge is 0.254 e. The average Bonchev–Trinajstić information content (AvgIpc) is 2.93. The minimum atomic E-state index is 0.184. The van der Waals surface area contributed by atoms with Gasteiger partial charge in [0.25, 0.3) is 5.91 Å². The van der Waals surface area contributed by atoms with Gasteiger partial charge < -0.3 is 10.2 Å². The minimum Gasteiger partial charge on any atom is -0.384 e. The lowest BCUT2D eigenvalue weighted by Gasteiger charge is -2.21. The van der Waals surface area contributed by atoms with Crippen LogP contribution in [0.5, 0.6) is 0 Å². The molecule has 3 heteroatoms. The molecule has 0 aromatic heterocycles. The van der Waals surface area contributed by atoms with Crippen molar-refractivity contribution in [3.05, 3.63) is 29.3 Å². The molecular weight excluding hydrogens is 224 g/mol. The predicted octanol–water partition coefficient (Wildman–Crippen LogP) is 2.53. The highest BCUT2D eigenvalue weighted by Crippen LogP contribution is 2.27. The molecule has 1 amide bonds. The molecule has 0 saturated carbocycles. The number of carbonyl (C=O) groups excluding carboxylic acids is 1. The van der Waals surface area contributed by atoms with Crippen molar-refractivity contribution in [1.29, 1.82) is 0 Å². The Morgan fingerprint density at radius 2 is 2.22 bits per heavy atom. The number of hydrogen-bond acceptors (Lipinski definition) is 2. The third-order valence-electron chi connectivity index (χ3n) is 4.11. The van der Waals surface area contributed by atoms with E-state index in [1.165, 1.54) is 5.56 Å². The van der Waals surface area contributed by atoms with Gasteiger partial charge in [0.2, 0.25) is 0 Å². The summed E-state index contributed by atoms with van der Waals surface area (Å²) in [4.78, 5) is 14.5. The molecule has 2 atom stereocenters. The molecule has 2 aliphatic rings. The van der Waals surface area contributed by atoms with Crippen molar-refractivity contribution in [1.82, 2.24) is 4.90 Å². The molecule has 3 rings (SSSR count). The maximum Gasteiger partial charge on any atom is 0.254 e. The molecule has 0 radical (unpaired) electrons. The molecule has 0 spiro atoms. The van der Waals surface area contributed by atoms with Crippen LogP contribution < -0.4 is 5.32 Å². The van der Waals surface area contributed by atoms with Crippen molar-refractivity contribution < 1.29 is 4.79 Å². The van der Waals surface area contributed by atoms with Crippen LogP contribution in [0.2, 0.25) is 0 Å². The van der Waals surface area contributed by atoms with Gasteiger partial charge in [-0.2, -0.15) is 0 Å². The van der Waals surface area contributed by atoms with E-state index in [9.17, 15) is 4.79 Å². The van der Waals surface area contributed by atoms with E-state index in [2.05, 4.69) is 25.2 Å². The first-order valence-corrected chi connectivity index (χ1v) is 6.83. The first kappa shape index (κ1) is 11.6. The van der Waals surface area contributed by atoms with Crippen LogP contribution in [0.15, 0.2) is 18.2 Å². The fourth-order valence-electron chi connectivity index (χ4n) is 3.17. The van der Waals surface area contributed by atoms with Crippen LogP contribution in [0.3, 0.4) is 0 Å². The molecule has 1 aromatic rings. The van der Waals surface area contributed by atoms with Crippen molar-refractivity contribution >= 4 is 11.6 Å². The number of fused-ring (bicyclic) bond motifs is 1. The molecule has 0 aliphatic carbocycles. The summed E-state index contributed by atoms with van der Waals surface area (Å²) in [6.45, 7) is 6.25. The highest BCUT2D eigenvalue weighted by Gasteiger charge is 2.30. The molecular formula is C15H20N2O. The number of nitrogens with one attached hydrogen (secondary N) is 1. The summed E-state index contributed by atoms with van der Waals surface area (Å²) in [5, 5.41) is 3.34. The zero-order chi connectivity index (χ0) is 12.7. The third-order valence-corrected chi connectivity index (χ3v) is 4.11. The molecule has 2 unspecified atom stereocenters. The quantitative estimate of drug-likeness (QED) is 0.823. The Kier molecular flexibility index (Phi) is 2.77. The Morgan fingerprint density at radius 3 is 2.94 bits per heavy atom. The van der Waals surface area contributed by atoms with Crippen LogP contribution in [0.4, 0.5) is 5.69 Å². The van der Waals surface area contributed by atoms with Gasteiger partial charge in [0.05, 0.1) is 0 Å². The second-order valence-electron chi connectivity index (χ2n) is 5.70. The summed E-state index contributed by atoms with van der Waals surface area (Å²) in [5.41, 5.74) is 3.29. The van der Waals surface area contributed by atoms with Gasteiger partial charge in [-0.3, -0.25) is 4.79 Å². The van der Waals surface area contributed by atoms with E-state index in [1.54, 1.807) is 0 Å². The molecule has 2 aliphatic heterocycles. The van der Waals surface area contributed by atoms with Gasteiger partial charge in [0.15, 0.2) is 0 Å². The number of rotatable bonds is 1. The van der Waals surface area contributed by atoms with E-state index in [4.69, 9.17) is 0 Å². The molecule has 2 heterocycles. The Hall–Kier alpha value is -1.51. The Bertz CT molecular complexity index is 483. The van der Waals surface area contributed by atoms with Crippen molar-refractivity contribution in [2.75, 3.05) is 18.4 Å². The topological polar surface area (TPSA) is 32.3 Å². The third kappa shape index (κ3) is 1.88. The molecule has 0 bridgehead atoms. The molecule has 96 valence electrons. The lowest BCUT2D eigenvalue weighted by Crippen LogP contribution is -2.33. The molecule has 1 N–H and O–H groups in total. The van der Waals surface area contributed by atoms with Gasteiger partial charge in [0.1, 0.15) is 0 Å². The standard InChI is InChI=1S/C15H20N2O/c1-10-7-11(2)17(9-10)15(18)13-4-3-12-5-6-16-14(12)8-13/h3-4,8,10-11,16H,5-7,9H2,1-2H3. The van der Waals surface area contributed by atoms with Gasteiger partial charge in [-0.1, -0.05) is 13.0 Å².